The number of hydroxylamine groups is 1. The van der Waals surface area contributed by atoms with Crippen LogP contribution in [0.5, 0.6) is 0 Å². The molecular weight excluding hydrogens is 488 g/mol. The smallest absolute Gasteiger partial charge is 0.240 e. The van der Waals surface area contributed by atoms with Gasteiger partial charge in [-0.3, -0.25) is 14.7 Å². The number of rotatable bonds is 6. The number of H-pyrrole nitrogens is 1. The van der Waals surface area contributed by atoms with Gasteiger partial charge in [0.25, 0.3) is 0 Å². The highest BCUT2D eigenvalue weighted by atomic mass is 35.5. The van der Waals surface area contributed by atoms with Crippen LogP contribution in [0.4, 0.5) is 0 Å². The van der Waals surface area contributed by atoms with Crippen LogP contribution in [0.1, 0.15) is 64.0 Å². The summed E-state index contributed by atoms with van der Waals surface area (Å²) in [5.41, 5.74) is 8.26. The van der Waals surface area contributed by atoms with E-state index in [1.54, 1.807) is 6.20 Å². The molecule has 0 radical (unpaired) electrons. The van der Waals surface area contributed by atoms with Crippen LogP contribution in [0.3, 0.4) is 0 Å². The Kier molecular flexibility index (Phi) is 6.86. The van der Waals surface area contributed by atoms with Crippen LogP contribution < -0.4 is 5.48 Å². The highest BCUT2D eigenvalue weighted by Gasteiger charge is 2.43. The van der Waals surface area contributed by atoms with Gasteiger partial charge < -0.3 is 4.42 Å². The quantitative estimate of drug-likeness (QED) is 0.262. The third-order valence-electron chi connectivity index (χ3n) is 7.80. The number of fused-ring (bicyclic) bond motifs is 1. The van der Waals surface area contributed by atoms with E-state index in [0.717, 1.165) is 41.6 Å². The molecule has 1 aliphatic rings. The zero-order valence-corrected chi connectivity index (χ0v) is 22.6. The second-order valence-corrected chi connectivity index (χ2v) is 11.2. The molecule has 2 aromatic carbocycles. The minimum absolute atomic E-state index is 0.154. The van der Waals surface area contributed by atoms with Gasteiger partial charge in [-0.05, 0) is 68.2 Å². The van der Waals surface area contributed by atoms with Crippen LogP contribution in [0.25, 0.3) is 33.8 Å². The lowest BCUT2D eigenvalue weighted by molar-refractivity contribution is -0.160. The molecule has 0 aliphatic heterocycles. The van der Waals surface area contributed by atoms with Crippen molar-refractivity contribution in [3.05, 3.63) is 58.7 Å². The molecule has 1 aliphatic carbocycles. The number of oxazole rings is 1. The lowest BCUT2D eigenvalue weighted by Crippen LogP contribution is -2.46. The van der Waals surface area contributed by atoms with Crippen molar-refractivity contribution >= 4 is 28.6 Å². The van der Waals surface area contributed by atoms with E-state index in [-0.39, 0.29) is 11.8 Å². The fraction of sp³-hybridized carbons (Fsp3) is 0.414. The number of aryl methyl sites for hydroxylation is 1. The summed E-state index contributed by atoms with van der Waals surface area (Å²) in [6.07, 6.45) is 4.70. The standard InChI is InChI=1S/C29H33ClN4O3/c1-16(2)21-10-11-29(5,37-34-18(4)35)23(13-21)19-6-8-20(9-7-19)27-22(15-31-33-27)28-32-25-14-24(30)17(3)12-26(25)36-28/h6-9,12,14-16,21,23H,10-11,13H2,1-5H3,(H,31,33)(H,34,35). The first-order valence-corrected chi connectivity index (χ1v) is 13.2. The normalized spacial score (nSPS) is 22.0. The molecule has 1 saturated carbocycles. The van der Waals surface area contributed by atoms with Gasteiger partial charge in [0.05, 0.1) is 17.5 Å². The Morgan fingerprint density at radius 3 is 2.73 bits per heavy atom. The first-order chi connectivity index (χ1) is 17.6. The van der Waals surface area contributed by atoms with Gasteiger partial charge in [-0.15, -0.1) is 0 Å². The van der Waals surface area contributed by atoms with Gasteiger partial charge in [0.2, 0.25) is 11.8 Å². The number of aromatic amines is 1. The molecule has 1 fully saturated rings. The summed E-state index contributed by atoms with van der Waals surface area (Å²) in [6, 6.07) is 12.2. The molecule has 0 bridgehead atoms. The van der Waals surface area contributed by atoms with Crippen molar-refractivity contribution in [3.63, 3.8) is 0 Å². The summed E-state index contributed by atoms with van der Waals surface area (Å²) >= 11 is 6.28. The van der Waals surface area contributed by atoms with Crippen LogP contribution >= 0.6 is 11.6 Å². The molecule has 1 amide bonds. The minimum Gasteiger partial charge on any atom is -0.436 e. The topological polar surface area (TPSA) is 93.0 Å². The second kappa shape index (κ2) is 9.95. The van der Waals surface area contributed by atoms with Gasteiger partial charge in [0.15, 0.2) is 5.58 Å². The van der Waals surface area contributed by atoms with Gasteiger partial charge in [0, 0.05) is 23.4 Å². The number of carbonyl (C=O) groups excluding carboxylic acids is 1. The molecule has 194 valence electrons. The average Bonchev–Trinajstić information content (AvgIpc) is 3.50. The highest BCUT2D eigenvalue weighted by molar-refractivity contribution is 6.32. The zero-order valence-electron chi connectivity index (χ0n) is 21.9. The lowest BCUT2D eigenvalue weighted by Gasteiger charge is -2.44. The van der Waals surface area contributed by atoms with E-state index in [0.29, 0.717) is 33.8 Å². The molecule has 2 heterocycles. The summed E-state index contributed by atoms with van der Waals surface area (Å²) in [5.74, 6) is 1.65. The first kappa shape index (κ1) is 25.5. The Bertz CT molecular complexity index is 1390. The maximum absolute atomic E-state index is 11.6. The average molecular weight is 521 g/mol. The van der Waals surface area contributed by atoms with Crippen molar-refractivity contribution in [2.75, 3.05) is 0 Å². The molecular formula is C29H33ClN4O3. The predicted molar refractivity (Wildman–Crippen MR) is 145 cm³/mol. The third-order valence-corrected chi connectivity index (χ3v) is 8.21. The van der Waals surface area contributed by atoms with Crippen LogP contribution in [0.15, 0.2) is 47.0 Å². The van der Waals surface area contributed by atoms with E-state index in [1.165, 1.54) is 12.5 Å². The van der Waals surface area contributed by atoms with Crippen LogP contribution in [-0.2, 0) is 9.63 Å². The second-order valence-electron chi connectivity index (χ2n) is 10.8. The number of hydrogen-bond donors (Lipinski definition) is 2. The number of carbonyl (C=O) groups is 1. The van der Waals surface area contributed by atoms with E-state index >= 15 is 0 Å². The molecule has 37 heavy (non-hydrogen) atoms. The Labute approximate surface area is 221 Å². The maximum Gasteiger partial charge on any atom is 0.240 e. The Morgan fingerprint density at radius 2 is 2.03 bits per heavy atom. The number of hydrogen-bond acceptors (Lipinski definition) is 5. The molecule has 0 spiro atoms. The van der Waals surface area contributed by atoms with E-state index in [4.69, 9.17) is 20.9 Å². The van der Waals surface area contributed by atoms with Crippen molar-refractivity contribution in [1.82, 2.24) is 20.7 Å². The molecule has 8 heteroatoms. The van der Waals surface area contributed by atoms with Crippen LogP contribution in [0, 0.1) is 18.8 Å². The first-order valence-electron chi connectivity index (χ1n) is 12.8. The summed E-state index contributed by atoms with van der Waals surface area (Å²) in [7, 11) is 0. The molecule has 4 aromatic rings. The number of nitrogens with zero attached hydrogens (tertiary/aromatic N) is 2. The van der Waals surface area contributed by atoms with E-state index in [9.17, 15) is 4.79 Å². The van der Waals surface area contributed by atoms with Crippen molar-refractivity contribution in [2.45, 2.75) is 65.4 Å². The highest BCUT2D eigenvalue weighted by Crippen LogP contribution is 2.47. The molecule has 2 N–H and O–H groups in total. The van der Waals surface area contributed by atoms with Gasteiger partial charge in [-0.25, -0.2) is 10.5 Å². The van der Waals surface area contributed by atoms with E-state index in [2.05, 4.69) is 65.7 Å². The molecule has 0 saturated heterocycles. The Morgan fingerprint density at radius 1 is 1.27 bits per heavy atom. The number of aromatic nitrogens is 3. The van der Waals surface area contributed by atoms with Gasteiger partial charge in [0.1, 0.15) is 11.1 Å². The molecule has 3 atom stereocenters. The SMILES string of the molecule is CC(=O)NOC1(C)CCC(C(C)C)CC1c1ccc(-c2[nH]ncc2-c2nc3cc(Cl)c(C)cc3o2)cc1. The molecule has 3 unspecified atom stereocenters. The number of nitrogens with one attached hydrogen (secondary N) is 2. The summed E-state index contributed by atoms with van der Waals surface area (Å²) < 4.78 is 6.06. The van der Waals surface area contributed by atoms with E-state index in [1.807, 2.05) is 19.1 Å². The monoisotopic (exact) mass is 520 g/mol. The summed E-state index contributed by atoms with van der Waals surface area (Å²) in [5, 5.41) is 8.04. The Hall–Kier alpha value is -3.16. The number of benzene rings is 2. The van der Waals surface area contributed by atoms with Crippen molar-refractivity contribution in [1.29, 1.82) is 0 Å². The van der Waals surface area contributed by atoms with Gasteiger partial charge in [-0.1, -0.05) is 49.7 Å². The fourth-order valence-electron chi connectivity index (χ4n) is 5.44. The van der Waals surface area contributed by atoms with E-state index < -0.39 is 5.60 Å². The fourth-order valence-corrected chi connectivity index (χ4v) is 5.59. The van der Waals surface area contributed by atoms with Gasteiger partial charge >= 0.3 is 0 Å². The number of amides is 1. The molecule has 5 rings (SSSR count). The van der Waals surface area contributed by atoms with Crippen LogP contribution in [0.2, 0.25) is 5.02 Å². The van der Waals surface area contributed by atoms with Crippen LogP contribution in [-0.4, -0.2) is 26.7 Å². The molecule has 7 nitrogen and oxygen atoms in total. The molecule has 2 aromatic heterocycles. The summed E-state index contributed by atoms with van der Waals surface area (Å²) in [4.78, 5) is 22.3. The Balaban J connectivity index is 1.45. The number of halogens is 1. The van der Waals surface area contributed by atoms with Crippen molar-refractivity contribution < 1.29 is 14.0 Å². The third kappa shape index (κ3) is 5.03. The largest absolute Gasteiger partial charge is 0.436 e. The maximum atomic E-state index is 11.6. The van der Waals surface area contributed by atoms with Gasteiger partial charge in [-0.2, -0.15) is 5.10 Å². The zero-order chi connectivity index (χ0) is 26.3. The summed E-state index contributed by atoms with van der Waals surface area (Å²) in [6.45, 7) is 10.1. The lowest BCUT2D eigenvalue weighted by atomic mass is 9.66. The van der Waals surface area contributed by atoms with Crippen molar-refractivity contribution in [2.24, 2.45) is 11.8 Å². The predicted octanol–water partition coefficient (Wildman–Crippen LogP) is 7.21. The van der Waals surface area contributed by atoms with Crippen molar-refractivity contribution in [3.8, 4) is 22.7 Å². The minimum atomic E-state index is -0.477.